The molecule has 17 heavy (non-hydrogen) atoms. The monoisotopic (exact) mass is 261 g/mol. The molecule has 1 unspecified atom stereocenters. The number of hydrogen-bond donors (Lipinski definition) is 0. The van der Waals surface area contributed by atoms with Crippen LogP contribution in [0.2, 0.25) is 0 Å². The molecule has 0 radical (unpaired) electrons. The number of hydrogen-bond acceptors (Lipinski definition) is 1. The van der Waals surface area contributed by atoms with Gasteiger partial charge in [-0.15, -0.1) is 12.4 Å². The minimum atomic E-state index is 0. The number of likely N-dealkylation sites (tertiary alicyclic amines) is 1. The molecule has 0 spiro atoms. The van der Waals surface area contributed by atoms with Crippen LogP contribution >= 0.6 is 12.4 Å². The largest absolute Gasteiger partial charge is 0.303 e. The van der Waals surface area contributed by atoms with E-state index in [1.165, 1.54) is 77.4 Å². The fourth-order valence-electron chi connectivity index (χ4n) is 2.78. The molecule has 0 N–H and O–H groups in total. The molecule has 0 saturated carbocycles. The van der Waals surface area contributed by atoms with Crippen LogP contribution in [0, 0.1) is 5.92 Å². The van der Waals surface area contributed by atoms with Gasteiger partial charge in [-0.3, -0.25) is 0 Å². The molecule has 0 aliphatic carbocycles. The molecule has 1 saturated heterocycles. The van der Waals surface area contributed by atoms with Crippen molar-refractivity contribution < 1.29 is 0 Å². The average molecular weight is 262 g/mol. The minimum Gasteiger partial charge on any atom is -0.303 e. The Kier molecular flexibility index (Phi) is 11.5. The zero-order valence-corrected chi connectivity index (χ0v) is 12.7. The second-order valence-electron chi connectivity index (χ2n) is 5.67. The van der Waals surface area contributed by atoms with E-state index in [-0.39, 0.29) is 12.4 Å². The highest BCUT2D eigenvalue weighted by molar-refractivity contribution is 5.85. The molecule has 1 aliphatic rings. The van der Waals surface area contributed by atoms with Gasteiger partial charge in [-0.1, -0.05) is 52.4 Å². The molecular weight excluding hydrogens is 230 g/mol. The molecule has 0 aromatic heterocycles. The van der Waals surface area contributed by atoms with Crippen LogP contribution in [0.15, 0.2) is 0 Å². The van der Waals surface area contributed by atoms with E-state index in [2.05, 4.69) is 18.7 Å². The highest BCUT2D eigenvalue weighted by Gasteiger charge is 2.14. The topological polar surface area (TPSA) is 3.24 Å². The molecule has 1 heterocycles. The molecule has 1 fully saturated rings. The quantitative estimate of drug-likeness (QED) is 0.563. The molecule has 0 aromatic rings. The van der Waals surface area contributed by atoms with Gasteiger partial charge in [0.15, 0.2) is 0 Å². The smallest absolute Gasteiger partial charge is 0.000703 e. The van der Waals surface area contributed by atoms with Gasteiger partial charge in [0.25, 0.3) is 0 Å². The predicted molar refractivity (Wildman–Crippen MR) is 80.1 cm³/mol. The Hall–Kier alpha value is 0.250. The van der Waals surface area contributed by atoms with E-state index in [1.54, 1.807) is 0 Å². The summed E-state index contributed by atoms with van der Waals surface area (Å²) in [6.07, 6.45) is 12.9. The van der Waals surface area contributed by atoms with E-state index >= 15 is 0 Å². The molecule has 1 rings (SSSR count). The van der Waals surface area contributed by atoms with Crippen molar-refractivity contribution in [1.82, 2.24) is 4.90 Å². The summed E-state index contributed by atoms with van der Waals surface area (Å²) in [6, 6.07) is 0. The van der Waals surface area contributed by atoms with Gasteiger partial charge in [-0.05, 0) is 38.3 Å². The van der Waals surface area contributed by atoms with Crippen LogP contribution in [0.3, 0.4) is 0 Å². The maximum absolute atomic E-state index is 2.68. The molecule has 2 heteroatoms. The summed E-state index contributed by atoms with van der Waals surface area (Å²) >= 11 is 0. The van der Waals surface area contributed by atoms with Crippen LogP contribution in [0.25, 0.3) is 0 Å². The van der Waals surface area contributed by atoms with Crippen molar-refractivity contribution >= 4 is 12.4 Å². The number of unbranched alkanes of at least 4 members (excludes halogenated alkanes) is 6. The number of piperidine rings is 1. The molecule has 1 nitrogen and oxygen atoms in total. The number of halogens is 1. The maximum Gasteiger partial charge on any atom is 0.000703 e. The van der Waals surface area contributed by atoms with Crippen LogP contribution < -0.4 is 0 Å². The van der Waals surface area contributed by atoms with Gasteiger partial charge in [0.1, 0.15) is 0 Å². The minimum absolute atomic E-state index is 0. The van der Waals surface area contributed by atoms with Crippen LogP contribution in [-0.4, -0.2) is 24.5 Å². The van der Waals surface area contributed by atoms with E-state index in [4.69, 9.17) is 0 Å². The summed E-state index contributed by atoms with van der Waals surface area (Å²) < 4.78 is 0. The van der Waals surface area contributed by atoms with Crippen molar-refractivity contribution in [2.24, 2.45) is 5.92 Å². The first-order valence-corrected chi connectivity index (χ1v) is 7.55. The second-order valence-corrected chi connectivity index (χ2v) is 5.67. The summed E-state index contributed by atoms with van der Waals surface area (Å²) in [7, 11) is 0. The lowest BCUT2D eigenvalue weighted by Crippen LogP contribution is -2.34. The van der Waals surface area contributed by atoms with Gasteiger partial charge in [0.05, 0.1) is 0 Å². The third kappa shape index (κ3) is 8.90. The van der Waals surface area contributed by atoms with E-state index < -0.39 is 0 Å². The van der Waals surface area contributed by atoms with Crippen LogP contribution in [0.1, 0.15) is 71.6 Å². The molecule has 0 amide bonds. The van der Waals surface area contributed by atoms with Gasteiger partial charge in [-0.25, -0.2) is 0 Å². The molecular formula is C15H32ClN. The highest BCUT2D eigenvalue weighted by Crippen LogP contribution is 2.16. The van der Waals surface area contributed by atoms with Gasteiger partial charge in [-0.2, -0.15) is 0 Å². The first kappa shape index (κ1) is 17.2. The first-order chi connectivity index (χ1) is 7.83. The number of nitrogens with zero attached hydrogens (tertiary/aromatic N) is 1. The van der Waals surface area contributed by atoms with Crippen LogP contribution in [0.5, 0.6) is 0 Å². The van der Waals surface area contributed by atoms with Crippen molar-refractivity contribution in [3.05, 3.63) is 0 Å². The molecule has 1 aliphatic heterocycles. The van der Waals surface area contributed by atoms with E-state index in [1.807, 2.05) is 0 Å². The zero-order chi connectivity index (χ0) is 11.6. The van der Waals surface area contributed by atoms with Crippen molar-refractivity contribution in [3.63, 3.8) is 0 Å². The van der Waals surface area contributed by atoms with Crippen LogP contribution in [-0.2, 0) is 0 Å². The Bertz CT molecular complexity index is 161. The zero-order valence-electron chi connectivity index (χ0n) is 11.9. The summed E-state index contributed by atoms with van der Waals surface area (Å²) in [5, 5.41) is 0. The molecule has 0 bridgehead atoms. The lowest BCUT2D eigenvalue weighted by Gasteiger charge is -2.30. The SMILES string of the molecule is CCCCCCCCCN1CCCC(C)C1.Cl. The Labute approximate surface area is 115 Å². The fourth-order valence-corrected chi connectivity index (χ4v) is 2.78. The first-order valence-electron chi connectivity index (χ1n) is 7.55. The third-order valence-electron chi connectivity index (χ3n) is 3.82. The summed E-state index contributed by atoms with van der Waals surface area (Å²) in [6.45, 7) is 8.77. The average Bonchev–Trinajstić information content (AvgIpc) is 2.28. The Morgan fingerprint density at radius 2 is 1.65 bits per heavy atom. The molecule has 104 valence electrons. The third-order valence-corrected chi connectivity index (χ3v) is 3.82. The Morgan fingerprint density at radius 3 is 2.29 bits per heavy atom. The van der Waals surface area contributed by atoms with E-state index in [0.717, 1.165) is 5.92 Å². The van der Waals surface area contributed by atoms with Crippen molar-refractivity contribution in [1.29, 1.82) is 0 Å². The molecule has 1 atom stereocenters. The van der Waals surface area contributed by atoms with Crippen LogP contribution in [0.4, 0.5) is 0 Å². The van der Waals surface area contributed by atoms with Gasteiger partial charge in [0, 0.05) is 6.54 Å². The van der Waals surface area contributed by atoms with E-state index in [0.29, 0.717) is 0 Å². The lowest BCUT2D eigenvalue weighted by molar-refractivity contribution is 0.180. The summed E-state index contributed by atoms with van der Waals surface area (Å²) in [4.78, 5) is 2.68. The highest BCUT2D eigenvalue weighted by atomic mass is 35.5. The van der Waals surface area contributed by atoms with Crippen molar-refractivity contribution in [3.8, 4) is 0 Å². The van der Waals surface area contributed by atoms with Gasteiger partial charge < -0.3 is 4.90 Å². The Morgan fingerprint density at radius 1 is 1.00 bits per heavy atom. The number of rotatable bonds is 8. The normalized spacial score (nSPS) is 21.2. The second kappa shape index (κ2) is 11.3. The maximum atomic E-state index is 2.68. The van der Waals surface area contributed by atoms with Gasteiger partial charge in [0.2, 0.25) is 0 Å². The summed E-state index contributed by atoms with van der Waals surface area (Å²) in [5.74, 6) is 0.943. The van der Waals surface area contributed by atoms with Crippen molar-refractivity contribution in [2.75, 3.05) is 19.6 Å². The fraction of sp³-hybridized carbons (Fsp3) is 1.00. The van der Waals surface area contributed by atoms with Crippen molar-refractivity contribution in [2.45, 2.75) is 71.6 Å². The Balaban J connectivity index is 0.00000256. The molecule has 0 aromatic carbocycles. The lowest BCUT2D eigenvalue weighted by atomic mass is 10.00. The summed E-state index contributed by atoms with van der Waals surface area (Å²) in [5.41, 5.74) is 0. The van der Waals surface area contributed by atoms with E-state index in [9.17, 15) is 0 Å². The van der Waals surface area contributed by atoms with Gasteiger partial charge >= 0.3 is 0 Å². The predicted octanol–water partition coefficient (Wildman–Crippen LogP) is 4.89. The standard InChI is InChI=1S/C15H31N.ClH/c1-3-4-5-6-7-8-9-12-16-13-10-11-15(2)14-16;/h15H,3-14H2,1-2H3;1H.